The van der Waals surface area contributed by atoms with Crippen molar-refractivity contribution in [2.45, 2.75) is 32.9 Å². The van der Waals surface area contributed by atoms with E-state index in [0.717, 1.165) is 35.5 Å². The van der Waals surface area contributed by atoms with Gasteiger partial charge >= 0.3 is 0 Å². The van der Waals surface area contributed by atoms with E-state index in [2.05, 4.69) is 22.5 Å². The molecule has 136 valence electrons. The van der Waals surface area contributed by atoms with Gasteiger partial charge in [-0.1, -0.05) is 48.9 Å². The summed E-state index contributed by atoms with van der Waals surface area (Å²) in [6.07, 6.45) is 1.85. The summed E-state index contributed by atoms with van der Waals surface area (Å²) in [6, 6.07) is 15.6. The predicted octanol–water partition coefficient (Wildman–Crippen LogP) is 4.87. The Kier molecular flexibility index (Phi) is 6.30. The van der Waals surface area contributed by atoms with Crippen molar-refractivity contribution in [2.24, 2.45) is 0 Å². The number of benzene rings is 2. The average molecular weight is 389 g/mol. The lowest BCUT2D eigenvalue weighted by Crippen LogP contribution is -2.18. The molecule has 7 heteroatoms. The van der Waals surface area contributed by atoms with Crippen molar-refractivity contribution in [1.82, 2.24) is 14.9 Å². The first-order valence-corrected chi connectivity index (χ1v) is 9.31. The topological polar surface area (TPSA) is 54.9 Å². The highest BCUT2D eigenvalue weighted by molar-refractivity contribution is 7.71. The standard InChI is InChI=1S/C19H21ClN4OS/c1-2-6-18-22-23-19(26)24(18)21-12-15-8-3-4-10-17(15)25-13-14-7-5-9-16(20)11-14/h3-5,7-11,21H,2,6,12-13H2,1H3,(H,23,26). The van der Waals surface area contributed by atoms with Crippen LogP contribution in [0, 0.1) is 4.77 Å². The maximum atomic E-state index is 6.03. The normalized spacial score (nSPS) is 10.7. The fourth-order valence-electron chi connectivity index (χ4n) is 2.63. The number of hydrogen-bond donors (Lipinski definition) is 2. The molecule has 0 fully saturated rings. The summed E-state index contributed by atoms with van der Waals surface area (Å²) < 4.78 is 8.39. The molecule has 1 aromatic heterocycles. The molecule has 0 spiro atoms. The van der Waals surface area contributed by atoms with Crippen LogP contribution in [-0.4, -0.2) is 14.9 Å². The second-order valence-corrected chi connectivity index (χ2v) is 6.71. The Balaban J connectivity index is 1.69. The average Bonchev–Trinajstić information content (AvgIpc) is 2.99. The van der Waals surface area contributed by atoms with Gasteiger partial charge < -0.3 is 10.2 Å². The number of nitrogens with one attached hydrogen (secondary N) is 2. The number of aromatic nitrogens is 3. The van der Waals surface area contributed by atoms with E-state index in [1.165, 1.54) is 0 Å². The summed E-state index contributed by atoms with van der Waals surface area (Å²) >= 11 is 11.3. The number of aromatic amines is 1. The third kappa shape index (κ3) is 4.65. The Morgan fingerprint density at radius 3 is 2.88 bits per heavy atom. The molecule has 5 nitrogen and oxygen atoms in total. The Bertz CT molecular complexity index is 922. The zero-order chi connectivity index (χ0) is 18.4. The van der Waals surface area contributed by atoms with Gasteiger partial charge in [-0.25, -0.2) is 4.68 Å². The van der Waals surface area contributed by atoms with E-state index in [9.17, 15) is 0 Å². The summed E-state index contributed by atoms with van der Waals surface area (Å²) in [6.45, 7) is 3.15. The van der Waals surface area contributed by atoms with E-state index < -0.39 is 0 Å². The number of para-hydroxylation sites is 1. The number of aryl methyl sites for hydroxylation is 1. The molecule has 0 radical (unpaired) electrons. The number of ether oxygens (including phenoxy) is 1. The van der Waals surface area contributed by atoms with Gasteiger partial charge in [0.2, 0.25) is 4.77 Å². The Hall–Kier alpha value is -2.31. The summed E-state index contributed by atoms with van der Waals surface area (Å²) in [5, 5.41) is 7.81. The minimum absolute atomic E-state index is 0.462. The molecular weight excluding hydrogens is 368 g/mol. The molecule has 0 bridgehead atoms. The fourth-order valence-corrected chi connectivity index (χ4v) is 3.06. The summed E-state index contributed by atoms with van der Waals surface area (Å²) in [7, 11) is 0. The molecule has 2 N–H and O–H groups in total. The lowest BCUT2D eigenvalue weighted by atomic mass is 10.2. The van der Waals surface area contributed by atoms with Gasteiger partial charge in [0.15, 0.2) is 5.82 Å². The van der Waals surface area contributed by atoms with Crippen LogP contribution in [-0.2, 0) is 19.6 Å². The molecule has 2 aromatic carbocycles. The molecule has 3 aromatic rings. The highest BCUT2D eigenvalue weighted by atomic mass is 35.5. The predicted molar refractivity (Wildman–Crippen MR) is 107 cm³/mol. The number of halogens is 1. The van der Waals surface area contributed by atoms with Crippen molar-refractivity contribution >= 4 is 23.8 Å². The van der Waals surface area contributed by atoms with E-state index in [0.29, 0.717) is 22.9 Å². The molecule has 1 heterocycles. The van der Waals surface area contributed by atoms with Crippen LogP contribution in [0.3, 0.4) is 0 Å². The molecule has 0 saturated heterocycles. The summed E-state index contributed by atoms with van der Waals surface area (Å²) in [5.41, 5.74) is 5.40. The number of H-pyrrole nitrogens is 1. The first kappa shape index (κ1) is 18.5. The maximum Gasteiger partial charge on any atom is 0.214 e. The molecule has 3 rings (SSSR count). The minimum atomic E-state index is 0.462. The van der Waals surface area contributed by atoms with Gasteiger partial charge in [0.1, 0.15) is 12.4 Å². The Morgan fingerprint density at radius 2 is 2.08 bits per heavy atom. The highest BCUT2D eigenvalue weighted by Crippen LogP contribution is 2.20. The quantitative estimate of drug-likeness (QED) is 0.540. The molecule has 0 aliphatic carbocycles. The minimum Gasteiger partial charge on any atom is -0.489 e. The molecular formula is C19H21ClN4OS. The Labute approximate surface area is 162 Å². The van der Waals surface area contributed by atoms with Crippen molar-refractivity contribution < 1.29 is 4.74 Å². The SMILES string of the molecule is CCCc1n[nH]c(=S)n1NCc1ccccc1OCc1cccc(Cl)c1. The van der Waals surface area contributed by atoms with Gasteiger partial charge in [-0.3, -0.25) is 5.10 Å². The number of hydrogen-bond acceptors (Lipinski definition) is 4. The van der Waals surface area contributed by atoms with Crippen LogP contribution >= 0.6 is 23.8 Å². The number of nitrogens with zero attached hydrogens (tertiary/aromatic N) is 2. The second-order valence-electron chi connectivity index (χ2n) is 5.89. The van der Waals surface area contributed by atoms with Gasteiger partial charge in [0.25, 0.3) is 0 Å². The van der Waals surface area contributed by atoms with Gasteiger partial charge in [-0.15, -0.1) is 0 Å². The monoisotopic (exact) mass is 388 g/mol. The number of rotatable bonds is 8. The molecule has 0 aliphatic heterocycles. The molecule has 26 heavy (non-hydrogen) atoms. The van der Waals surface area contributed by atoms with Gasteiger partial charge in [0.05, 0.1) is 6.54 Å². The van der Waals surface area contributed by atoms with Crippen molar-refractivity contribution in [3.05, 3.63) is 75.3 Å². The molecule has 0 amide bonds. The highest BCUT2D eigenvalue weighted by Gasteiger charge is 2.07. The van der Waals surface area contributed by atoms with E-state index in [4.69, 9.17) is 28.6 Å². The first-order valence-electron chi connectivity index (χ1n) is 8.52. The van der Waals surface area contributed by atoms with Gasteiger partial charge in [-0.05, 0) is 42.4 Å². The molecule has 0 saturated carbocycles. The van der Waals surface area contributed by atoms with Crippen LogP contribution in [0.15, 0.2) is 48.5 Å². The van der Waals surface area contributed by atoms with Crippen molar-refractivity contribution in [3.63, 3.8) is 0 Å². The smallest absolute Gasteiger partial charge is 0.214 e. The molecule has 0 unspecified atom stereocenters. The van der Waals surface area contributed by atoms with E-state index >= 15 is 0 Å². The maximum absolute atomic E-state index is 6.03. The lowest BCUT2D eigenvalue weighted by molar-refractivity contribution is 0.303. The zero-order valence-electron chi connectivity index (χ0n) is 14.5. The lowest BCUT2D eigenvalue weighted by Gasteiger charge is -2.14. The first-order chi connectivity index (χ1) is 12.7. The summed E-state index contributed by atoms with van der Waals surface area (Å²) in [5.74, 6) is 1.72. The summed E-state index contributed by atoms with van der Waals surface area (Å²) in [4.78, 5) is 0. The third-order valence-electron chi connectivity index (χ3n) is 3.90. The van der Waals surface area contributed by atoms with E-state index in [1.807, 2.05) is 53.2 Å². The van der Waals surface area contributed by atoms with Crippen LogP contribution in [0.4, 0.5) is 0 Å². The van der Waals surface area contributed by atoms with E-state index in [1.54, 1.807) is 0 Å². The third-order valence-corrected chi connectivity index (χ3v) is 4.41. The Morgan fingerprint density at radius 1 is 1.23 bits per heavy atom. The van der Waals surface area contributed by atoms with Crippen molar-refractivity contribution in [1.29, 1.82) is 0 Å². The second kappa shape index (κ2) is 8.87. The zero-order valence-corrected chi connectivity index (χ0v) is 16.1. The largest absolute Gasteiger partial charge is 0.489 e. The van der Waals surface area contributed by atoms with Crippen LogP contribution in [0.5, 0.6) is 5.75 Å². The molecule has 0 atom stereocenters. The van der Waals surface area contributed by atoms with Crippen LogP contribution < -0.4 is 10.2 Å². The fraction of sp³-hybridized carbons (Fsp3) is 0.263. The van der Waals surface area contributed by atoms with Crippen LogP contribution in [0.1, 0.15) is 30.3 Å². The van der Waals surface area contributed by atoms with Crippen molar-refractivity contribution in [3.8, 4) is 5.75 Å². The van der Waals surface area contributed by atoms with Crippen LogP contribution in [0.25, 0.3) is 0 Å². The van der Waals surface area contributed by atoms with Crippen LogP contribution in [0.2, 0.25) is 5.02 Å². The van der Waals surface area contributed by atoms with Gasteiger partial charge in [-0.2, -0.15) is 5.10 Å². The molecule has 0 aliphatic rings. The van der Waals surface area contributed by atoms with Crippen molar-refractivity contribution in [2.75, 3.05) is 5.43 Å². The van der Waals surface area contributed by atoms with Gasteiger partial charge in [0, 0.05) is 17.0 Å². The van der Waals surface area contributed by atoms with E-state index in [-0.39, 0.29) is 0 Å².